The molecule has 0 aromatic carbocycles. The van der Waals surface area contributed by atoms with Crippen LogP contribution < -0.4 is 0 Å². The minimum Gasteiger partial charge on any atom is -0.358 e. The van der Waals surface area contributed by atoms with Crippen LogP contribution in [0.3, 0.4) is 0 Å². The predicted molar refractivity (Wildman–Crippen MR) is 56.5 cm³/mol. The van der Waals surface area contributed by atoms with Crippen LogP contribution in [0.15, 0.2) is 21.2 Å². The van der Waals surface area contributed by atoms with Gasteiger partial charge in [-0.2, -0.15) is 0 Å². The highest BCUT2D eigenvalue weighted by Crippen LogP contribution is 2.29. The van der Waals surface area contributed by atoms with Crippen LogP contribution in [-0.2, 0) is 0 Å². The highest BCUT2D eigenvalue weighted by Gasteiger charge is 2.06. The van der Waals surface area contributed by atoms with E-state index < -0.39 is 0 Å². The van der Waals surface area contributed by atoms with E-state index >= 15 is 0 Å². The zero-order valence-corrected chi connectivity index (χ0v) is 9.66. The first-order chi connectivity index (χ1) is 5.68. The number of hydrogen-bond donors (Lipinski definition) is 1. The number of hydrogen-bond acceptors (Lipinski definition) is 1. The number of rotatable bonds is 0. The molecule has 2 rings (SSSR count). The van der Waals surface area contributed by atoms with Crippen molar-refractivity contribution in [3.05, 3.63) is 26.4 Å². The van der Waals surface area contributed by atoms with E-state index in [-0.39, 0.29) is 0 Å². The molecule has 12 heavy (non-hydrogen) atoms. The third kappa shape index (κ3) is 1.28. The molecule has 0 radical (unpaired) electrons. The van der Waals surface area contributed by atoms with Gasteiger partial charge in [-0.25, -0.2) is 4.98 Å². The Bertz CT molecular complexity index is 438. The Hall–Kier alpha value is -0.0600. The molecule has 1 N–H and O–H groups in total. The number of nitrogens with one attached hydrogen (secondary N) is 1. The molecule has 0 atom stereocenters. The number of nitrogens with zero attached hydrogens (tertiary/aromatic N) is 1. The Labute approximate surface area is 90.6 Å². The van der Waals surface area contributed by atoms with Crippen LogP contribution in [0, 0.1) is 0 Å². The van der Waals surface area contributed by atoms with Crippen LogP contribution in [0.1, 0.15) is 0 Å². The standard InChI is InChI=1S/C7H3Br2ClN2/c8-3-1-5(10)12-7-4(9)2-11-6(3)7/h1-2,11H. The zero-order valence-electron chi connectivity index (χ0n) is 5.74. The van der Waals surface area contributed by atoms with Crippen molar-refractivity contribution in [1.82, 2.24) is 9.97 Å². The summed E-state index contributed by atoms with van der Waals surface area (Å²) in [6, 6.07) is 1.76. The molecule has 2 nitrogen and oxygen atoms in total. The van der Waals surface area contributed by atoms with Gasteiger partial charge in [0, 0.05) is 10.7 Å². The summed E-state index contributed by atoms with van der Waals surface area (Å²) in [4.78, 5) is 7.22. The highest BCUT2D eigenvalue weighted by atomic mass is 79.9. The molecule has 0 fully saturated rings. The lowest BCUT2D eigenvalue weighted by Crippen LogP contribution is -1.78. The van der Waals surface area contributed by atoms with E-state index in [0.717, 1.165) is 20.0 Å². The molecule has 0 spiro atoms. The van der Waals surface area contributed by atoms with E-state index in [2.05, 4.69) is 41.8 Å². The van der Waals surface area contributed by atoms with Crippen molar-refractivity contribution < 1.29 is 0 Å². The minimum absolute atomic E-state index is 0.481. The van der Waals surface area contributed by atoms with Gasteiger partial charge in [-0.1, -0.05) is 11.6 Å². The number of H-pyrrole nitrogens is 1. The van der Waals surface area contributed by atoms with Crippen LogP contribution in [-0.4, -0.2) is 9.97 Å². The fraction of sp³-hybridized carbons (Fsp3) is 0. The molecule has 0 aliphatic carbocycles. The minimum atomic E-state index is 0.481. The second-order valence-corrected chi connectivity index (χ2v) is 4.38. The van der Waals surface area contributed by atoms with Crippen LogP contribution >= 0.6 is 43.5 Å². The van der Waals surface area contributed by atoms with Gasteiger partial charge in [-0.05, 0) is 37.9 Å². The number of aromatic amines is 1. The lowest BCUT2D eigenvalue weighted by molar-refractivity contribution is 1.39. The number of halogens is 3. The Kier molecular flexibility index (Phi) is 2.14. The molecule has 2 heterocycles. The molecule has 0 amide bonds. The average molecular weight is 310 g/mol. The SMILES string of the molecule is Clc1cc(Br)c2[nH]cc(Br)c2n1. The lowest BCUT2D eigenvalue weighted by Gasteiger charge is -1.94. The van der Waals surface area contributed by atoms with Gasteiger partial charge < -0.3 is 4.98 Å². The summed E-state index contributed by atoms with van der Waals surface area (Å²) in [6.07, 6.45) is 1.83. The molecule has 0 aliphatic rings. The van der Waals surface area contributed by atoms with Gasteiger partial charge in [0.25, 0.3) is 0 Å². The molecule has 5 heteroatoms. The maximum atomic E-state index is 5.78. The molecule has 0 saturated carbocycles. The van der Waals surface area contributed by atoms with Crippen LogP contribution in [0.4, 0.5) is 0 Å². The summed E-state index contributed by atoms with van der Waals surface area (Å²) in [5.74, 6) is 0. The fourth-order valence-electron chi connectivity index (χ4n) is 0.999. The second kappa shape index (κ2) is 3.01. The molecular formula is C7H3Br2ClN2. The van der Waals surface area contributed by atoms with Gasteiger partial charge in [0.2, 0.25) is 0 Å². The van der Waals surface area contributed by atoms with Gasteiger partial charge in [0.1, 0.15) is 10.7 Å². The summed E-state index contributed by atoms with van der Waals surface area (Å²) in [5.41, 5.74) is 1.79. The van der Waals surface area contributed by atoms with E-state index in [1.807, 2.05) is 6.20 Å². The number of fused-ring (bicyclic) bond motifs is 1. The van der Waals surface area contributed by atoms with Gasteiger partial charge in [-0.3, -0.25) is 0 Å². The Morgan fingerprint density at radius 1 is 1.33 bits per heavy atom. The van der Waals surface area contributed by atoms with Gasteiger partial charge in [0.05, 0.1) is 9.99 Å². The molecule has 0 saturated heterocycles. The largest absolute Gasteiger partial charge is 0.358 e. The third-order valence-electron chi connectivity index (χ3n) is 1.51. The topological polar surface area (TPSA) is 28.7 Å². The number of aromatic nitrogens is 2. The first-order valence-electron chi connectivity index (χ1n) is 3.17. The first kappa shape index (κ1) is 8.53. The van der Waals surface area contributed by atoms with Crippen LogP contribution in [0.5, 0.6) is 0 Å². The van der Waals surface area contributed by atoms with Crippen molar-refractivity contribution in [2.75, 3.05) is 0 Å². The fourth-order valence-corrected chi connectivity index (χ4v) is 2.24. The van der Waals surface area contributed by atoms with E-state index in [0.29, 0.717) is 5.15 Å². The summed E-state index contributed by atoms with van der Waals surface area (Å²) >= 11 is 12.5. The smallest absolute Gasteiger partial charge is 0.131 e. The summed E-state index contributed by atoms with van der Waals surface area (Å²) in [5, 5.41) is 0.481. The second-order valence-electron chi connectivity index (χ2n) is 2.29. The normalized spacial score (nSPS) is 10.9. The quantitative estimate of drug-likeness (QED) is 0.738. The van der Waals surface area contributed by atoms with Crippen LogP contribution in [0.2, 0.25) is 5.15 Å². The average Bonchev–Trinajstić information content (AvgIpc) is 2.33. The molecule has 2 aromatic heterocycles. The van der Waals surface area contributed by atoms with Gasteiger partial charge in [0.15, 0.2) is 0 Å². The molecule has 0 aliphatic heterocycles. The molecule has 62 valence electrons. The number of pyridine rings is 1. The zero-order chi connectivity index (χ0) is 8.72. The first-order valence-corrected chi connectivity index (χ1v) is 5.13. The monoisotopic (exact) mass is 308 g/mol. The lowest BCUT2D eigenvalue weighted by atomic mass is 10.4. The molecular weight excluding hydrogens is 307 g/mol. The van der Waals surface area contributed by atoms with E-state index in [1.54, 1.807) is 6.07 Å². The van der Waals surface area contributed by atoms with Crippen molar-refractivity contribution in [2.24, 2.45) is 0 Å². The van der Waals surface area contributed by atoms with E-state index in [4.69, 9.17) is 11.6 Å². The summed E-state index contributed by atoms with van der Waals surface area (Å²) in [7, 11) is 0. The molecule has 0 bridgehead atoms. The van der Waals surface area contributed by atoms with E-state index in [1.165, 1.54) is 0 Å². The van der Waals surface area contributed by atoms with Crippen LogP contribution in [0.25, 0.3) is 11.0 Å². The maximum Gasteiger partial charge on any atom is 0.131 e. The Morgan fingerprint density at radius 2 is 2.08 bits per heavy atom. The Morgan fingerprint density at radius 3 is 2.83 bits per heavy atom. The summed E-state index contributed by atoms with van der Waals surface area (Å²) < 4.78 is 1.84. The van der Waals surface area contributed by atoms with Crippen molar-refractivity contribution in [3.63, 3.8) is 0 Å². The van der Waals surface area contributed by atoms with Crippen molar-refractivity contribution >= 4 is 54.5 Å². The molecule has 0 unspecified atom stereocenters. The third-order valence-corrected chi connectivity index (χ3v) is 2.93. The van der Waals surface area contributed by atoms with Crippen molar-refractivity contribution in [3.8, 4) is 0 Å². The van der Waals surface area contributed by atoms with Crippen molar-refractivity contribution in [1.29, 1.82) is 0 Å². The Balaban J connectivity index is 2.92. The highest BCUT2D eigenvalue weighted by molar-refractivity contribution is 9.11. The molecule has 2 aromatic rings. The maximum absolute atomic E-state index is 5.78. The van der Waals surface area contributed by atoms with Gasteiger partial charge >= 0.3 is 0 Å². The predicted octanol–water partition coefficient (Wildman–Crippen LogP) is 3.74. The van der Waals surface area contributed by atoms with Crippen molar-refractivity contribution in [2.45, 2.75) is 0 Å². The summed E-state index contributed by atoms with van der Waals surface area (Å²) in [6.45, 7) is 0. The van der Waals surface area contributed by atoms with E-state index in [9.17, 15) is 0 Å². The van der Waals surface area contributed by atoms with Gasteiger partial charge in [-0.15, -0.1) is 0 Å².